The molecule has 0 heterocycles. The van der Waals surface area contributed by atoms with Crippen molar-refractivity contribution in [2.24, 2.45) is 5.73 Å². The van der Waals surface area contributed by atoms with Gasteiger partial charge in [-0.3, -0.25) is 4.72 Å². The van der Waals surface area contributed by atoms with Crippen LogP contribution in [0, 0.1) is 5.82 Å². The van der Waals surface area contributed by atoms with Crippen LogP contribution >= 0.6 is 0 Å². The van der Waals surface area contributed by atoms with Gasteiger partial charge in [0.2, 0.25) is 0 Å². The second-order valence-corrected chi connectivity index (χ2v) is 5.36. The van der Waals surface area contributed by atoms with Crippen LogP contribution in [0.1, 0.15) is 6.42 Å². The van der Waals surface area contributed by atoms with E-state index in [1.807, 2.05) is 0 Å². The van der Waals surface area contributed by atoms with Crippen LogP contribution in [-0.2, 0) is 10.2 Å². The molecule has 0 atom stereocenters. The molecular formula is C10H16FN3O2S. The van der Waals surface area contributed by atoms with Gasteiger partial charge in [0.1, 0.15) is 5.82 Å². The minimum Gasteiger partial charge on any atom is -0.330 e. The van der Waals surface area contributed by atoms with E-state index in [0.29, 0.717) is 19.5 Å². The number of hydrogen-bond acceptors (Lipinski definition) is 3. The van der Waals surface area contributed by atoms with Crippen LogP contribution in [0.3, 0.4) is 0 Å². The maximum Gasteiger partial charge on any atom is 0.301 e. The summed E-state index contributed by atoms with van der Waals surface area (Å²) in [6, 6.07) is 5.29. The maximum atomic E-state index is 12.9. The topological polar surface area (TPSA) is 75.4 Å². The fourth-order valence-corrected chi connectivity index (χ4v) is 2.16. The van der Waals surface area contributed by atoms with Crippen molar-refractivity contribution in [3.05, 3.63) is 30.1 Å². The largest absolute Gasteiger partial charge is 0.330 e. The molecule has 0 saturated carbocycles. The average molecular weight is 261 g/mol. The Kier molecular flexibility index (Phi) is 4.86. The molecule has 96 valence electrons. The number of benzene rings is 1. The lowest BCUT2D eigenvalue weighted by molar-refractivity contribution is 0.468. The zero-order chi connectivity index (χ0) is 12.9. The molecule has 0 aromatic heterocycles. The third-order valence-electron chi connectivity index (χ3n) is 2.16. The Morgan fingerprint density at radius 2 is 2.18 bits per heavy atom. The lowest BCUT2D eigenvalue weighted by Crippen LogP contribution is -2.34. The minimum atomic E-state index is -3.64. The number of nitrogens with one attached hydrogen (secondary N) is 1. The van der Waals surface area contributed by atoms with E-state index < -0.39 is 16.0 Å². The third-order valence-corrected chi connectivity index (χ3v) is 3.66. The first-order valence-electron chi connectivity index (χ1n) is 5.15. The molecule has 0 unspecified atom stereocenters. The van der Waals surface area contributed by atoms with Crippen LogP contribution in [0.2, 0.25) is 0 Å². The minimum absolute atomic E-state index is 0.199. The number of nitrogens with two attached hydrogens (primary N) is 1. The molecule has 1 aromatic rings. The molecule has 0 bridgehead atoms. The third kappa shape index (κ3) is 4.29. The van der Waals surface area contributed by atoms with Crippen LogP contribution in [0.15, 0.2) is 24.3 Å². The Bertz CT molecular complexity index is 464. The zero-order valence-electron chi connectivity index (χ0n) is 9.56. The first-order chi connectivity index (χ1) is 7.95. The van der Waals surface area contributed by atoms with E-state index in [1.165, 1.54) is 25.2 Å². The summed E-state index contributed by atoms with van der Waals surface area (Å²) in [7, 11) is -2.20. The Balaban J connectivity index is 2.72. The molecule has 0 amide bonds. The monoisotopic (exact) mass is 261 g/mol. The molecular weight excluding hydrogens is 245 g/mol. The number of nitrogens with zero attached hydrogens (tertiary/aromatic N) is 1. The van der Waals surface area contributed by atoms with Crippen LogP contribution < -0.4 is 10.5 Å². The molecule has 0 aliphatic rings. The van der Waals surface area contributed by atoms with Crippen LogP contribution in [0.4, 0.5) is 10.1 Å². The predicted molar refractivity (Wildman–Crippen MR) is 65.2 cm³/mol. The number of hydrogen-bond donors (Lipinski definition) is 2. The van der Waals surface area contributed by atoms with Gasteiger partial charge >= 0.3 is 10.2 Å². The predicted octanol–water partition coefficient (Wildman–Crippen LogP) is 0.763. The number of halogens is 1. The van der Waals surface area contributed by atoms with Crippen molar-refractivity contribution in [3.8, 4) is 0 Å². The SMILES string of the molecule is CN(CCCN)S(=O)(=O)Nc1cccc(F)c1. The molecule has 0 fully saturated rings. The molecule has 0 aliphatic heterocycles. The summed E-state index contributed by atoms with van der Waals surface area (Å²) in [5, 5.41) is 0. The summed E-state index contributed by atoms with van der Waals surface area (Å²) in [6.45, 7) is 0.737. The van der Waals surface area contributed by atoms with Gasteiger partial charge < -0.3 is 5.73 Å². The number of rotatable bonds is 6. The lowest BCUT2D eigenvalue weighted by Gasteiger charge is -2.17. The molecule has 0 radical (unpaired) electrons. The zero-order valence-corrected chi connectivity index (χ0v) is 10.4. The standard InChI is InChI=1S/C10H16FN3O2S/c1-14(7-3-6-12)17(15,16)13-10-5-2-4-9(11)8-10/h2,4-5,8,13H,3,6-7,12H2,1H3. The van der Waals surface area contributed by atoms with Crippen molar-refractivity contribution < 1.29 is 12.8 Å². The van der Waals surface area contributed by atoms with E-state index in [-0.39, 0.29) is 5.69 Å². The van der Waals surface area contributed by atoms with E-state index in [4.69, 9.17) is 5.73 Å². The van der Waals surface area contributed by atoms with Gasteiger partial charge in [-0.25, -0.2) is 4.39 Å². The maximum absolute atomic E-state index is 12.9. The van der Waals surface area contributed by atoms with E-state index >= 15 is 0 Å². The van der Waals surface area contributed by atoms with Crippen molar-refractivity contribution >= 4 is 15.9 Å². The van der Waals surface area contributed by atoms with Crippen molar-refractivity contribution in [2.75, 3.05) is 24.9 Å². The van der Waals surface area contributed by atoms with Crippen molar-refractivity contribution in [1.82, 2.24) is 4.31 Å². The van der Waals surface area contributed by atoms with Crippen LogP contribution in [0.5, 0.6) is 0 Å². The summed E-state index contributed by atoms with van der Waals surface area (Å²) in [6.07, 6.45) is 0.570. The van der Waals surface area contributed by atoms with Crippen molar-refractivity contribution in [3.63, 3.8) is 0 Å². The summed E-state index contributed by atoms with van der Waals surface area (Å²) < 4.78 is 39.8. The quantitative estimate of drug-likeness (QED) is 0.794. The first kappa shape index (κ1) is 13.9. The Morgan fingerprint density at radius 3 is 2.76 bits per heavy atom. The summed E-state index contributed by atoms with van der Waals surface area (Å²) in [5.41, 5.74) is 5.50. The van der Waals surface area contributed by atoms with Crippen LogP contribution in [-0.4, -0.2) is 32.9 Å². The van der Waals surface area contributed by atoms with Gasteiger partial charge in [0, 0.05) is 13.6 Å². The fourth-order valence-electron chi connectivity index (χ4n) is 1.21. The highest BCUT2D eigenvalue weighted by Crippen LogP contribution is 2.12. The molecule has 17 heavy (non-hydrogen) atoms. The molecule has 3 N–H and O–H groups in total. The molecule has 0 spiro atoms. The van der Waals surface area contributed by atoms with Gasteiger partial charge in [-0.1, -0.05) is 6.07 Å². The Morgan fingerprint density at radius 1 is 1.47 bits per heavy atom. The van der Waals surface area contributed by atoms with Crippen molar-refractivity contribution in [2.45, 2.75) is 6.42 Å². The van der Waals surface area contributed by atoms with E-state index in [2.05, 4.69) is 4.72 Å². The fraction of sp³-hybridized carbons (Fsp3) is 0.400. The molecule has 5 nitrogen and oxygen atoms in total. The summed E-state index contributed by atoms with van der Waals surface area (Å²) in [4.78, 5) is 0. The van der Waals surface area contributed by atoms with Crippen molar-refractivity contribution in [1.29, 1.82) is 0 Å². The van der Waals surface area contributed by atoms with E-state index in [9.17, 15) is 12.8 Å². The summed E-state index contributed by atoms with van der Waals surface area (Å²) >= 11 is 0. The van der Waals surface area contributed by atoms with Gasteiger partial charge in [-0.2, -0.15) is 12.7 Å². The summed E-state index contributed by atoms with van der Waals surface area (Å²) in [5.74, 6) is -0.491. The molecule has 7 heteroatoms. The van der Waals surface area contributed by atoms with Gasteiger partial charge in [0.25, 0.3) is 0 Å². The van der Waals surface area contributed by atoms with Crippen LogP contribution in [0.25, 0.3) is 0 Å². The molecule has 0 saturated heterocycles. The van der Waals surface area contributed by atoms with Gasteiger partial charge in [0.15, 0.2) is 0 Å². The Labute approximate surface area is 101 Å². The molecule has 0 aliphatic carbocycles. The molecule has 1 rings (SSSR count). The highest BCUT2D eigenvalue weighted by atomic mass is 32.2. The first-order valence-corrected chi connectivity index (χ1v) is 6.59. The average Bonchev–Trinajstić information content (AvgIpc) is 2.25. The normalized spacial score (nSPS) is 11.8. The Hall–Kier alpha value is -1.18. The van der Waals surface area contributed by atoms with E-state index in [0.717, 1.165) is 10.4 Å². The van der Waals surface area contributed by atoms with Gasteiger partial charge in [0.05, 0.1) is 5.69 Å². The number of anilines is 1. The van der Waals surface area contributed by atoms with E-state index in [1.54, 1.807) is 0 Å². The highest BCUT2D eigenvalue weighted by Gasteiger charge is 2.16. The smallest absolute Gasteiger partial charge is 0.301 e. The second-order valence-electron chi connectivity index (χ2n) is 3.58. The lowest BCUT2D eigenvalue weighted by atomic mass is 10.3. The highest BCUT2D eigenvalue weighted by molar-refractivity contribution is 7.90. The molecule has 1 aromatic carbocycles. The second kappa shape index (κ2) is 5.95. The van der Waals surface area contributed by atoms with Gasteiger partial charge in [-0.15, -0.1) is 0 Å². The van der Waals surface area contributed by atoms with Gasteiger partial charge in [-0.05, 0) is 31.2 Å².